The highest BCUT2D eigenvalue weighted by Gasteiger charge is 2.27. The molecule has 2 rings (SSSR count). The lowest BCUT2D eigenvalue weighted by Crippen LogP contribution is -2.22. The van der Waals surface area contributed by atoms with Crippen molar-refractivity contribution in [2.24, 2.45) is 0 Å². The molecule has 2 nitrogen and oxygen atoms in total. The highest BCUT2D eigenvalue weighted by Crippen LogP contribution is 2.39. The van der Waals surface area contributed by atoms with Crippen LogP contribution in [0.2, 0.25) is 0 Å². The molecule has 0 aliphatic rings. The maximum absolute atomic E-state index is 6.22. The van der Waals surface area contributed by atoms with Gasteiger partial charge in [0.05, 0.1) is 0 Å². The van der Waals surface area contributed by atoms with E-state index in [0.717, 1.165) is 30.8 Å². The van der Waals surface area contributed by atoms with Crippen LogP contribution in [0.1, 0.15) is 85.8 Å². The van der Waals surface area contributed by atoms with Crippen molar-refractivity contribution in [1.82, 2.24) is 0 Å². The fourth-order valence-electron chi connectivity index (χ4n) is 3.39. The van der Waals surface area contributed by atoms with E-state index >= 15 is 0 Å². The van der Waals surface area contributed by atoms with Gasteiger partial charge in [-0.2, -0.15) is 0 Å². The predicted octanol–water partition coefficient (Wildman–Crippen LogP) is 9.25. The molecule has 0 saturated carbocycles. The number of rotatable bonds is 11. The first-order valence-electron chi connectivity index (χ1n) is 12.4. The fraction of sp³-hybridized carbons (Fsp3) is 0.533. The summed E-state index contributed by atoms with van der Waals surface area (Å²) in [4.78, 5) is 1.33. The van der Waals surface area contributed by atoms with Crippen LogP contribution in [0.15, 0.2) is 60.0 Å². The first kappa shape index (κ1) is 29.2. The molecule has 2 aromatic carbocycles. The summed E-state index contributed by atoms with van der Waals surface area (Å²) in [6.07, 6.45) is 5.13. The molecule has 0 aliphatic carbocycles. The third kappa shape index (κ3) is 8.45. The maximum Gasteiger partial charge on any atom is 0.123 e. The van der Waals surface area contributed by atoms with Crippen molar-refractivity contribution in [3.05, 3.63) is 66.2 Å². The Hall–Kier alpha value is -1.87. The van der Waals surface area contributed by atoms with Gasteiger partial charge in [0, 0.05) is 23.2 Å². The Bertz CT molecular complexity index is 856. The smallest absolute Gasteiger partial charge is 0.123 e. The molecule has 0 fully saturated rings. The zero-order valence-electron chi connectivity index (χ0n) is 22.5. The SMILES string of the molecule is C=CC(CC)Oc1ccc(C(C)(C)CC)cc1C(C)(C)CC.CCSc1ccccc1NC. The maximum atomic E-state index is 6.22. The van der Waals surface area contributed by atoms with E-state index in [4.69, 9.17) is 4.74 Å². The molecular formula is C30H47NOS. The molecule has 0 radical (unpaired) electrons. The second kappa shape index (κ2) is 13.7. The molecule has 184 valence electrons. The molecule has 0 aliphatic heterocycles. The van der Waals surface area contributed by atoms with E-state index in [1.807, 2.05) is 31.0 Å². The van der Waals surface area contributed by atoms with Gasteiger partial charge in [-0.3, -0.25) is 0 Å². The van der Waals surface area contributed by atoms with Crippen molar-refractivity contribution in [1.29, 1.82) is 0 Å². The Balaban J connectivity index is 0.000000412. The van der Waals surface area contributed by atoms with Gasteiger partial charge in [-0.25, -0.2) is 0 Å². The van der Waals surface area contributed by atoms with Crippen molar-refractivity contribution in [2.75, 3.05) is 18.1 Å². The minimum atomic E-state index is 0.0800. The second-order valence-corrected chi connectivity index (χ2v) is 11.0. The highest BCUT2D eigenvalue weighted by molar-refractivity contribution is 7.99. The normalized spacial score (nSPS) is 12.4. The number of benzene rings is 2. The van der Waals surface area contributed by atoms with Crippen LogP contribution in [0.4, 0.5) is 5.69 Å². The van der Waals surface area contributed by atoms with Crippen molar-refractivity contribution < 1.29 is 4.74 Å². The van der Waals surface area contributed by atoms with Crippen molar-refractivity contribution in [2.45, 2.75) is 96.5 Å². The Labute approximate surface area is 208 Å². The molecule has 0 heterocycles. The molecule has 1 N–H and O–H groups in total. The molecule has 0 aromatic heterocycles. The Morgan fingerprint density at radius 1 is 0.970 bits per heavy atom. The lowest BCUT2D eigenvalue weighted by Gasteiger charge is -2.31. The summed E-state index contributed by atoms with van der Waals surface area (Å²) in [5.41, 5.74) is 4.23. The van der Waals surface area contributed by atoms with Crippen LogP contribution in [0, 0.1) is 0 Å². The van der Waals surface area contributed by atoms with Gasteiger partial charge in [0.15, 0.2) is 0 Å². The van der Waals surface area contributed by atoms with Gasteiger partial charge >= 0.3 is 0 Å². The average Bonchev–Trinajstić information content (AvgIpc) is 2.83. The molecule has 1 unspecified atom stereocenters. The van der Waals surface area contributed by atoms with Gasteiger partial charge < -0.3 is 10.1 Å². The van der Waals surface area contributed by atoms with Gasteiger partial charge in [0.1, 0.15) is 11.9 Å². The van der Waals surface area contributed by atoms with Crippen LogP contribution in [0.5, 0.6) is 5.75 Å². The van der Waals surface area contributed by atoms with Crippen LogP contribution >= 0.6 is 11.8 Å². The molecule has 0 spiro atoms. The summed E-state index contributed by atoms with van der Waals surface area (Å²) in [6.45, 7) is 21.9. The van der Waals surface area contributed by atoms with Gasteiger partial charge in [-0.1, -0.05) is 92.3 Å². The zero-order chi connectivity index (χ0) is 25.1. The van der Waals surface area contributed by atoms with E-state index in [1.165, 1.54) is 21.7 Å². The Kier molecular flexibility index (Phi) is 12.1. The lowest BCUT2D eigenvalue weighted by molar-refractivity contribution is 0.238. The summed E-state index contributed by atoms with van der Waals surface area (Å²) in [6, 6.07) is 15.1. The quantitative estimate of drug-likeness (QED) is 0.262. The lowest BCUT2D eigenvalue weighted by atomic mass is 9.76. The van der Waals surface area contributed by atoms with Gasteiger partial charge in [0.25, 0.3) is 0 Å². The number of hydrogen-bond donors (Lipinski definition) is 1. The second-order valence-electron chi connectivity index (χ2n) is 9.67. The minimum absolute atomic E-state index is 0.0800. The van der Waals surface area contributed by atoms with Crippen molar-refractivity contribution >= 4 is 17.4 Å². The van der Waals surface area contributed by atoms with Gasteiger partial charge in [-0.15, -0.1) is 11.8 Å². The van der Waals surface area contributed by atoms with E-state index in [9.17, 15) is 0 Å². The number of ether oxygens (including phenoxy) is 1. The molecule has 1 atom stereocenters. The minimum Gasteiger partial charge on any atom is -0.486 e. The van der Waals surface area contributed by atoms with Crippen molar-refractivity contribution in [3.8, 4) is 5.75 Å². The van der Waals surface area contributed by atoms with Crippen molar-refractivity contribution in [3.63, 3.8) is 0 Å². The monoisotopic (exact) mass is 469 g/mol. The van der Waals surface area contributed by atoms with E-state index in [-0.39, 0.29) is 16.9 Å². The number of thioether (sulfide) groups is 1. The summed E-state index contributed by atoms with van der Waals surface area (Å²) in [7, 11) is 1.95. The first-order chi connectivity index (χ1) is 15.6. The topological polar surface area (TPSA) is 21.3 Å². The first-order valence-corrected chi connectivity index (χ1v) is 13.4. The fourth-order valence-corrected chi connectivity index (χ4v) is 4.20. The van der Waals surface area contributed by atoms with E-state index < -0.39 is 0 Å². The van der Waals surface area contributed by atoms with Gasteiger partial charge in [-0.05, 0) is 59.6 Å². The standard InChI is InChI=1S/C21H34O.C9H13NS/c1-9-17(10-2)22-19-14-13-16(20(5,6)11-3)15-18(19)21(7,8)12-4;1-3-11-9-7-5-4-6-8(9)10-2/h9,13-15,17H,1,10-12H2,2-8H3;4-7,10H,3H2,1-2H3. The van der Waals surface area contributed by atoms with Gasteiger partial charge in [0.2, 0.25) is 0 Å². The Morgan fingerprint density at radius 3 is 2.12 bits per heavy atom. The average molecular weight is 470 g/mol. The molecule has 3 heteroatoms. The molecule has 2 aromatic rings. The molecule has 0 amide bonds. The Morgan fingerprint density at radius 2 is 1.61 bits per heavy atom. The number of hydrogen-bond acceptors (Lipinski definition) is 3. The number of para-hydroxylation sites is 1. The van der Waals surface area contributed by atoms with E-state index in [1.54, 1.807) is 0 Å². The van der Waals surface area contributed by atoms with Crippen LogP contribution in [0.25, 0.3) is 0 Å². The van der Waals surface area contributed by atoms with Crippen LogP contribution < -0.4 is 10.1 Å². The third-order valence-electron chi connectivity index (χ3n) is 6.66. The molecule has 0 bridgehead atoms. The number of anilines is 1. The number of nitrogens with one attached hydrogen (secondary N) is 1. The van der Waals surface area contributed by atoms with Crippen LogP contribution in [0.3, 0.4) is 0 Å². The molecule has 33 heavy (non-hydrogen) atoms. The zero-order valence-corrected chi connectivity index (χ0v) is 23.4. The summed E-state index contributed by atoms with van der Waals surface area (Å²) >= 11 is 1.86. The largest absolute Gasteiger partial charge is 0.486 e. The summed E-state index contributed by atoms with van der Waals surface area (Å²) < 4.78 is 6.22. The predicted molar refractivity (Wildman–Crippen MR) is 150 cm³/mol. The highest BCUT2D eigenvalue weighted by atomic mass is 32.2. The van der Waals surface area contributed by atoms with E-state index in [2.05, 4.69) is 104 Å². The van der Waals surface area contributed by atoms with Crippen LogP contribution in [-0.4, -0.2) is 18.9 Å². The summed E-state index contributed by atoms with van der Waals surface area (Å²) in [5, 5.41) is 3.16. The molecule has 0 saturated heterocycles. The third-order valence-corrected chi connectivity index (χ3v) is 7.61. The van der Waals surface area contributed by atoms with Crippen LogP contribution in [-0.2, 0) is 10.8 Å². The van der Waals surface area contributed by atoms with E-state index in [0.29, 0.717) is 0 Å². The summed E-state index contributed by atoms with van der Waals surface area (Å²) in [5.74, 6) is 2.13. The molecular weight excluding hydrogens is 422 g/mol.